The Morgan fingerprint density at radius 3 is 2.35 bits per heavy atom. The number of aliphatic carboxylic acids is 1. The molecule has 2 saturated carbocycles. The quantitative estimate of drug-likeness (QED) is 0.664. The zero-order valence-electron chi connectivity index (χ0n) is 9.98. The van der Waals surface area contributed by atoms with Gasteiger partial charge in [-0.05, 0) is 31.6 Å². The zero-order valence-corrected chi connectivity index (χ0v) is 9.98. The summed E-state index contributed by atoms with van der Waals surface area (Å²) in [6.07, 6.45) is 2.77. The van der Waals surface area contributed by atoms with Crippen LogP contribution in [0.5, 0.6) is 0 Å². The van der Waals surface area contributed by atoms with E-state index in [2.05, 4.69) is 5.32 Å². The molecule has 3 N–H and O–H groups in total. The van der Waals surface area contributed by atoms with Crippen LogP contribution in [0.4, 0.5) is 0 Å². The first-order valence-corrected chi connectivity index (χ1v) is 6.13. The Balaban J connectivity index is 2.00. The molecule has 1 amide bonds. The van der Waals surface area contributed by atoms with Gasteiger partial charge in [-0.2, -0.15) is 0 Å². The minimum absolute atomic E-state index is 0.0568. The van der Waals surface area contributed by atoms with Crippen LogP contribution in [0.25, 0.3) is 0 Å². The number of nitrogens with one attached hydrogen (secondary N) is 1. The number of rotatable bonds is 4. The van der Waals surface area contributed by atoms with Crippen molar-refractivity contribution >= 4 is 11.9 Å². The molecule has 2 aliphatic carbocycles. The Bertz CT molecular complexity index is 337. The third-order valence-electron chi connectivity index (χ3n) is 4.00. The Hall–Kier alpha value is -1.10. The van der Waals surface area contributed by atoms with Gasteiger partial charge < -0.3 is 15.5 Å². The number of aliphatic hydroxyl groups excluding tert-OH is 1. The van der Waals surface area contributed by atoms with E-state index in [-0.39, 0.29) is 18.4 Å². The van der Waals surface area contributed by atoms with Crippen molar-refractivity contribution in [2.24, 2.45) is 17.8 Å². The number of amides is 1. The molecule has 0 heterocycles. The number of aliphatic hydroxyl groups is 1. The van der Waals surface area contributed by atoms with E-state index in [0.29, 0.717) is 12.8 Å². The molecule has 0 aliphatic heterocycles. The van der Waals surface area contributed by atoms with Gasteiger partial charge in [-0.3, -0.25) is 9.59 Å². The number of carbonyl (C=O) groups is 2. The summed E-state index contributed by atoms with van der Waals surface area (Å²) in [7, 11) is 0. The first-order valence-electron chi connectivity index (χ1n) is 6.13. The summed E-state index contributed by atoms with van der Waals surface area (Å²) in [4.78, 5) is 23.1. The summed E-state index contributed by atoms with van der Waals surface area (Å²) < 4.78 is 0. The molecule has 5 nitrogen and oxygen atoms in total. The molecule has 3 atom stereocenters. The topological polar surface area (TPSA) is 86.6 Å². The van der Waals surface area contributed by atoms with Gasteiger partial charge >= 0.3 is 5.97 Å². The van der Waals surface area contributed by atoms with Crippen LogP contribution in [0.15, 0.2) is 0 Å². The van der Waals surface area contributed by atoms with Gasteiger partial charge in [0.2, 0.25) is 5.91 Å². The number of carboxylic acid groups (broad SMARTS) is 1. The standard InChI is InChI=1S/C12H19NO4/c1-7-4-8(9(5-7)11(16)17)10(15)13-12(6-14)2-3-12/h7-9,14H,2-6H2,1H3,(H,13,15)(H,16,17)/t7?,8-,9+/m0/s1. The van der Waals surface area contributed by atoms with E-state index < -0.39 is 23.3 Å². The van der Waals surface area contributed by atoms with Crippen LogP contribution in [-0.2, 0) is 9.59 Å². The zero-order chi connectivity index (χ0) is 12.6. The van der Waals surface area contributed by atoms with Crippen LogP contribution in [0.2, 0.25) is 0 Å². The Morgan fingerprint density at radius 2 is 1.88 bits per heavy atom. The Kier molecular flexibility index (Phi) is 3.12. The molecule has 2 aliphatic rings. The lowest BCUT2D eigenvalue weighted by atomic mass is 9.95. The van der Waals surface area contributed by atoms with Crippen molar-refractivity contribution in [1.29, 1.82) is 0 Å². The first-order chi connectivity index (χ1) is 7.97. The summed E-state index contributed by atoms with van der Waals surface area (Å²) in [5, 5.41) is 21.0. The molecule has 0 aromatic rings. The van der Waals surface area contributed by atoms with E-state index in [1.54, 1.807) is 0 Å². The van der Waals surface area contributed by atoms with Crippen molar-refractivity contribution in [2.75, 3.05) is 6.61 Å². The molecule has 0 saturated heterocycles. The second-order valence-electron chi connectivity index (χ2n) is 5.56. The first kappa shape index (κ1) is 12.4. The van der Waals surface area contributed by atoms with Crippen molar-refractivity contribution in [3.8, 4) is 0 Å². The van der Waals surface area contributed by atoms with E-state index in [1.807, 2.05) is 6.92 Å². The highest BCUT2D eigenvalue weighted by Gasteiger charge is 2.47. The molecular formula is C12H19NO4. The molecule has 0 aromatic carbocycles. The summed E-state index contributed by atoms with van der Waals surface area (Å²) in [5.41, 5.74) is -0.452. The molecular weight excluding hydrogens is 222 g/mol. The normalized spacial score (nSPS) is 34.4. The highest BCUT2D eigenvalue weighted by Crippen LogP contribution is 2.39. The largest absolute Gasteiger partial charge is 0.481 e. The van der Waals surface area contributed by atoms with Gasteiger partial charge in [0.25, 0.3) is 0 Å². The summed E-state index contributed by atoms with van der Waals surface area (Å²) in [6.45, 7) is 1.92. The predicted molar refractivity (Wildman–Crippen MR) is 60.2 cm³/mol. The maximum atomic E-state index is 12.0. The second kappa shape index (κ2) is 4.29. The molecule has 2 rings (SSSR count). The Morgan fingerprint density at radius 1 is 1.29 bits per heavy atom. The average Bonchev–Trinajstić information content (AvgIpc) is 2.92. The van der Waals surface area contributed by atoms with Gasteiger partial charge in [0.15, 0.2) is 0 Å². The predicted octanol–water partition coefficient (Wildman–Crippen LogP) is 0.374. The van der Waals surface area contributed by atoms with Crippen LogP contribution in [0.1, 0.15) is 32.6 Å². The molecule has 1 unspecified atom stereocenters. The maximum absolute atomic E-state index is 12.0. The average molecular weight is 241 g/mol. The molecule has 2 fully saturated rings. The smallest absolute Gasteiger partial charge is 0.307 e. The summed E-state index contributed by atoms with van der Waals surface area (Å²) >= 11 is 0. The van der Waals surface area contributed by atoms with Crippen LogP contribution in [0.3, 0.4) is 0 Å². The van der Waals surface area contributed by atoms with Gasteiger partial charge in [-0.15, -0.1) is 0 Å². The van der Waals surface area contributed by atoms with E-state index in [4.69, 9.17) is 10.2 Å². The third-order valence-corrected chi connectivity index (χ3v) is 4.00. The van der Waals surface area contributed by atoms with E-state index in [9.17, 15) is 9.59 Å². The van der Waals surface area contributed by atoms with E-state index in [1.165, 1.54) is 0 Å². The number of carboxylic acids is 1. The molecule has 0 aromatic heterocycles. The van der Waals surface area contributed by atoms with Crippen LogP contribution in [-0.4, -0.2) is 34.2 Å². The molecule has 0 radical (unpaired) electrons. The molecule has 0 spiro atoms. The van der Waals surface area contributed by atoms with Crippen molar-refractivity contribution in [2.45, 2.75) is 38.1 Å². The fraction of sp³-hybridized carbons (Fsp3) is 0.833. The fourth-order valence-corrected chi connectivity index (χ4v) is 2.68. The van der Waals surface area contributed by atoms with Crippen LogP contribution < -0.4 is 5.32 Å². The molecule has 5 heteroatoms. The molecule has 0 bridgehead atoms. The number of hydrogen-bond acceptors (Lipinski definition) is 3. The molecule has 96 valence electrons. The fourth-order valence-electron chi connectivity index (χ4n) is 2.68. The van der Waals surface area contributed by atoms with Crippen molar-refractivity contribution in [3.05, 3.63) is 0 Å². The van der Waals surface area contributed by atoms with Gasteiger partial charge in [-0.1, -0.05) is 6.92 Å². The van der Waals surface area contributed by atoms with E-state index >= 15 is 0 Å². The van der Waals surface area contributed by atoms with E-state index in [0.717, 1.165) is 12.8 Å². The number of carbonyl (C=O) groups excluding carboxylic acids is 1. The second-order valence-corrected chi connectivity index (χ2v) is 5.56. The third kappa shape index (κ3) is 2.44. The SMILES string of the molecule is CC1C[C@H](C(=O)NC2(CO)CC2)[C@H](C(=O)O)C1. The number of hydrogen-bond donors (Lipinski definition) is 3. The lowest BCUT2D eigenvalue weighted by Gasteiger charge is -2.20. The van der Waals surface area contributed by atoms with Crippen molar-refractivity contribution in [1.82, 2.24) is 5.32 Å². The summed E-state index contributed by atoms with van der Waals surface area (Å²) in [5.74, 6) is -1.82. The minimum Gasteiger partial charge on any atom is -0.481 e. The maximum Gasteiger partial charge on any atom is 0.307 e. The van der Waals surface area contributed by atoms with Crippen molar-refractivity contribution in [3.63, 3.8) is 0 Å². The van der Waals surface area contributed by atoms with Gasteiger partial charge in [0, 0.05) is 0 Å². The Labute approximate surface area is 100 Å². The lowest BCUT2D eigenvalue weighted by molar-refractivity contribution is -0.146. The summed E-state index contributed by atoms with van der Waals surface area (Å²) in [6, 6.07) is 0. The minimum atomic E-state index is -0.886. The van der Waals surface area contributed by atoms with Gasteiger partial charge in [0.05, 0.1) is 24.0 Å². The highest BCUT2D eigenvalue weighted by atomic mass is 16.4. The van der Waals surface area contributed by atoms with Gasteiger partial charge in [0.1, 0.15) is 0 Å². The molecule has 17 heavy (non-hydrogen) atoms. The van der Waals surface area contributed by atoms with Crippen molar-refractivity contribution < 1.29 is 19.8 Å². The monoisotopic (exact) mass is 241 g/mol. The lowest BCUT2D eigenvalue weighted by Crippen LogP contribution is -2.44. The van der Waals surface area contributed by atoms with Crippen LogP contribution >= 0.6 is 0 Å². The van der Waals surface area contributed by atoms with Gasteiger partial charge in [-0.25, -0.2) is 0 Å². The van der Waals surface area contributed by atoms with Crippen LogP contribution in [0, 0.1) is 17.8 Å². The highest BCUT2D eigenvalue weighted by molar-refractivity contribution is 5.86.